The van der Waals surface area contributed by atoms with Gasteiger partial charge in [-0.05, 0) is 49.9 Å². The first kappa shape index (κ1) is 15.0. The van der Waals surface area contributed by atoms with Crippen LogP contribution in [-0.4, -0.2) is 23.8 Å². The van der Waals surface area contributed by atoms with E-state index in [-0.39, 0.29) is 0 Å². The summed E-state index contributed by atoms with van der Waals surface area (Å²) < 4.78 is 0. The topological polar surface area (TPSA) is 32.3 Å². The normalized spacial score (nSPS) is 27.7. The maximum atomic E-state index is 9.09. The van der Waals surface area contributed by atoms with Crippen LogP contribution in [-0.2, 0) is 0 Å². The van der Waals surface area contributed by atoms with Gasteiger partial charge in [0, 0.05) is 18.7 Å². The van der Waals surface area contributed by atoms with Gasteiger partial charge in [-0.25, -0.2) is 0 Å². The molecule has 1 fully saturated rings. The van der Waals surface area contributed by atoms with Crippen LogP contribution in [0.5, 0.6) is 0 Å². The molecule has 1 atom stereocenters. The van der Waals surface area contributed by atoms with Gasteiger partial charge >= 0.3 is 0 Å². The molecule has 1 aliphatic carbocycles. The van der Waals surface area contributed by atoms with Gasteiger partial charge in [0.2, 0.25) is 0 Å². The molecule has 1 aliphatic rings. The highest BCUT2D eigenvalue weighted by Gasteiger charge is 2.25. The van der Waals surface area contributed by atoms with Gasteiger partial charge in [0.05, 0.1) is 0 Å². The van der Waals surface area contributed by atoms with Crippen molar-refractivity contribution in [3.05, 3.63) is 0 Å². The molecule has 1 rings (SSSR count). The lowest BCUT2D eigenvalue weighted by molar-refractivity contribution is 0.195. The average Bonchev–Trinajstić information content (AvgIpc) is 2.29. The van der Waals surface area contributed by atoms with Crippen LogP contribution in [0.2, 0.25) is 0 Å². The van der Waals surface area contributed by atoms with Crippen molar-refractivity contribution in [3.63, 3.8) is 0 Å². The number of nitrogens with one attached hydrogen (secondary N) is 1. The lowest BCUT2D eigenvalue weighted by atomic mass is 9.79. The summed E-state index contributed by atoms with van der Waals surface area (Å²) in [6.07, 6.45) is 6.27. The third-order valence-corrected chi connectivity index (χ3v) is 4.41. The summed E-state index contributed by atoms with van der Waals surface area (Å²) in [7, 11) is 0. The maximum Gasteiger partial charge on any atom is 0.0445 e. The van der Waals surface area contributed by atoms with E-state index in [0.717, 1.165) is 18.3 Å². The Balaban J connectivity index is 2.33. The maximum absolute atomic E-state index is 9.09. The molecule has 102 valence electrons. The molecule has 0 heterocycles. The second-order valence-corrected chi connectivity index (χ2v) is 6.39. The average molecular weight is 241 g/mol. The Hall–Kier alpha value is -0.0800. The van der Waals surface area contributed by atoms with Gasteiger partial charge in [0.15, 0.2) is 0 Å². The molecule has 2 nitrogen and oxygen atoms in total. The van der Waals surface area contributed by atoms with Gasteiger partial charge in [-0.1, -0.05) is 27.7 Å². The summed E-state index contributed by atoms with van der Waals surface area (Å²) in [6.45, 7) is 9.49. The van der Waals surface area contributed by atoms with Gasteiger partial charge in [0.25, 0.3) is 0 Å². The Labute approximate surface area is 107 Å². The number of rotatable bonds is 6. The minimum Gasteiger partial charge on any atom is -0.396 e. The predicted molar refractivity (Wildman–Crippen MR) is 74.0 cm³/mol. The molecular formula is C15H31NO. The van der Waals surface area contributed by atoms with Crippen LogP contribution in [0.15, 0.2) is 0 Å². The lowest BCUT2D eigenvalue weighted by Gasteiger charge is -2.35. The fourth-order valence-electron chi connectivity index (χ4n) is 3.00. The van der Waals surface area contributed by atoms with Crippen molar-refractivity contribution in [3.8, 4) is 0 Å². The van der Waals surface area contributed by atoms with Gasteiger partial charge in [-0.3, -0.25) is 0 Å². The van der Waals surface area contributed by atoms with Crippen LogP contribution in [0.25, 0.3) is 0 Å². The first-order chi connectivity index (χ1) is 8.04. The molecule has 0 aliphatic heterocycles. The van der Waals surface area contributed by atoms with Crippen LogP contribution in [0.3, 0.4) is 0 Å². The minimum atomic E-state index is 0.303. The van der Waals surface area contributed by atoms with E-state index in [0.29, 0.717) is 24.6 Å². The number of aliphatic hydroxyl groups is 1. The zero-order valence-corrected chi connectivity index (χ0v) is 12.1. The molecule has 1 saturated carbocycles. The molecule has 0 aromatic heterocycles. The molecule has 0 aromatic rings. The fourth-order valence-corrected chi connectivity index (χ4v) is 3.00. The van der Waals surface area contributed by atoms with Crippen molar-refractivity contribution in [2.45, 2.75) is 71.9 Å². The molecule has 0 aromatic carbocycles. The predicted octanol–water partition coefficient (Wildman–Crippen LogP) is 3.20. The van der Waals surface area contributed by atoms with E-state index in [1.807, 2.05) is 0 Å². The van der Waals surface area contributed by atoms with Crippen LogP contribution >= 0.6 is 0 Å². The first-order valence-electron chi connectivity index (χ1n) is 7.41. The number of hydrogen-bond donors (Lipinski definition) is 2. The van der Waals surface area contributed by atoms with Crippen molar-refractivity contribution in [2.24, 2.45) is 17.8 Å². The Bertz CT molecular complexity index is 195. The highest BCUT2D eigenvalue weighted by atomic mass is 16.3. The lowest BCUT2D eigenvalue weighted by Crippen LogP contribution is -2.44. The van der Waals surface area contributed by atoms with Crippen LogP contribution < -0.4 is 5.32 Å². The molecule has 0 saturated heterocycles. The van der Waals surface area contributed by atoms with E-state index in [9.17, 15) is 0 Å². The Morgan fingerprint density at radius 1 is 1.06 bits per heavy atom. The second-order valence-electron chi connectivity index (χ2n) is 6.39. The molecule has 0 radical (unpaired) electrons. The Morgan fingerprint density at radius 3 is 2.06 bits per heavy atom. The van der Waals surface area contributed by atoms with E-state index in [2.05, 4.69) is 33.0 Å². The molecule has 0 bridgehead atoms. The third-order valence-electron chi connectivity index (χ3n) is 4.41. The summed E-state index contributed by atoms with van der Waals surface area (Å²) in [4.78, 5) is 0. The number of aliphatic hydroxyl groups excluding tert-OH is 1. The Morgan fingerprint density at radius 2 is 1.65 bits per heavy atom. The van der Waals surface area contributed by atoms with E-state index < -0.39 is 0 Å². The highest BCUT2D eigenvalue weighted by molar-refractivity contribution is 4.82. The van der Waals surface area contributed by atoms with Gasteiger partial charge in [0.1, 0.15) is 0 Å². The fraction of sp³-hybridized carbons (Fsp3) is 1.00. The van der Waals surface area contributed by atoms with Crippen LogP contribution in [0.4, 0.5) is 0 Å². The molecule has 0 amide bonds. The molecule has 2 N–H and O–H groups in total. The standard InChI is InChI=1S/C15H31NO/c1-11(2)13-5-7-14(8-6-13)16-15(9-10-17)12(3)4/h11-17H,5-10H2,1-4H3. The summed E-state index contributed by atoms with van der Waals surface area (Å²) in [6, 6.07) is 1.17. The Kier molecular flexibility index (Phi) is 6.50. The van der Waals surface area contributed by atoms with Gasteiger partial charge in [-0.2, -0.15) is 0 Å². The SMILES string of the molecule is CC(C)C1CCC(NC(CCO)C(C)C)CC1. The van der Waals surface area contributed by atoms with E-state index in [4.69, 9.17) is 5.11 Å². The summed E-state index contributed by atoms with van der Waals surface area (Å²) in [5.41, 5.74) is 0. The molecule has 17 heavy (non-hydrogen) atoms. The van der Waals surface area contributed by atoms with Crippen molar-refractivity contribution >= 4 is 0 Å². The second kappa shape index (κ2) is 7.38. The van der Waals surface area contributed by atoms with E-state index in [1.54, 1.807) is 0 Å². The quantitative estimate of drug-likeness (QED) is 0.748. The summed E-state index contributed by atoms with van der Waals surface area (Å²) >= 11 is 0. The van der Waals surface area contributed by atoms with Gasteiger partial charge in [-0.15, -0.1) is 0 Å². The largest absolute Gasteiger partial charge is 0.396 e. The van der Waals surface area contributed by atoms with Gasteiger partial charge < -0.3 is 10.4 Å². The van der Waals surface area contributed by atoms with Crippen molar-refractivity contribution in [1.82, 2.24) is 5.32 Å². The molecular weight excluding hydrogens is 210 g/mol. The first-order valence-corrected chi connectivity index (χ1v) is 7.41. The van der Waals surface area contributed by atoms with Crippen molar-refractivity contribution in [1.29, 1.82) is 0 Å². The van der Waals surface area contributed by atoms with E-state index in [1.165, 1.54) is 25.7 Å². The van der Waals surface area contributed by atoms with Crippen LogP contribution in [0, 0.1) is 17.8 Å². The smallest absolute Gasteiger partial charge is 0.0445 e. The van der Waals surface area contributed by atoms with Crippen molar-refractivity contribution < 1.29 is 5.11 Å². The molecule has 1 unspecified atom stereocenters. The zero-order valence-electron chi connectivity index (χ0n) is 12.1. The third kappa shape index (κ3) is 4.97. The zero-order chi connectivity index (χ0) is 12.8. The monoisotopic (exact) mass is 241 g/mol. The van der Waals surface area contributed by atoms with Crippen molar-refractivity contribution in [2.75, 3.05) is 6.61 Å². The highest BCUT2D eigenvalue weighted by Crippen LogP contribution is 2.30. The number of hydrogen-bond acceptors (Lipinski definition) is 2. The van der Waals surface area contributed by atoms with E-state index >= 15 is 0 Å². The minimum absolute atomic E-state index is 0.303. The molecule has 0 spiro atoms. The summed E-state index contributed by atoms with van der Waals surface area (Å²) in [5, 5.41) is 12.8. The molecule has 2 heteroatoms. The summed E-state index contributed by atoms with van der Waals surface area (Å²) in [5.74, 6) is 2.39. The van der Waals surface area contributed by atoms with Crippen LogP contribution in [0.1, 0.15) is 59.8 Å².